The molecule has 6 nitrogen and oxygen atoms in total. The van der Waals surface area contributed by atoms with Gasteiger partial charge < -0.3 is 11.5 Å². The Bertz CT molecular complexity index is 559. The third-order valence-corrected chi connectivity index (χ3v) is 6.59. The van der Waals surface area contributed by atoms with Gasteiger partial charge in [0.1, 0.15) is 4.21 Å². The van der Waals surface area contributed by atoms with E-state index in [-0.39, 0.29) is 16.0 Å². The van der Waals surface area contributed by atoms with Crippen molar-refractivity contribution in [2.24, 2.45) is 11.7 Å². The summed E-state index contributed by atoms with van der Waals surface area (Å²) in [5, 5.41) is 1.62. The van der Waals surface area contributed by atoms with Gasteiger partial charge in [0, 0.05) is 30.6 Å². The van der Waals surface area contributed by atoms with Gasteiger partial charge in [0.05, 0.1) is 0 Å². The molecule has 2 rings (SSSR count). The molecule has 1 saturated heterocycles. The molecular weight excluding hydrogens is 286 g/mol. The number of amides is 1. The van der Waals surface area contributed by atoms with Gasteiger partial charge in [0.25, 0.3) is 10.0 Å². The van der Waals surface area contributed by atoms with E-state index in [1.54, 1.807) is 5.38 Å². The van der Waals surface area contributed by atoms with E-state index in [1.807, 2.05) is 0 Å². The molecule has 0 atom stereocenters. The van der Waals surface area contributed by atoms with Crippen LogP contribution in [0.1, 0.15) is 19.3 Å². The lowest BCUT2D eigenvalue weighted by atomic mass is 9.94. The Kier molecular flexibility index (Phi) is 4.12. The van der Waals surface area contributed by atoms with Crippen molar-refractivity contribution in [3.8, 4) is 0 Å². The number of hydrogen-bond donors (Lipinski definition) is 2. The van der Waals surface area contributed by atoms with Crippen molar-refractivity contribution in [3.63, 3.8) is 0 Å². The number of hydrogen-bond acceptors (Lipinski definition) is 5. The first-order chi connectivity index (χ1) is 8.89. The number of anilines is 1. The van der Waals surface area contributed by atoms with E-state index >= 15 is 0 Å². The molecule has 0 unspecified atom stereocenters. The fourth-order valence-electron chi connectivity index (χ4n) is 2.23. The third kappa shape index (κ3) is 3.26. The molecule has 0 saturated carbocycles. The molecule has 1 aromatic rings. The fraction of sp³-hybridized carbons (Fsp3) is 0.545. The second-order valence-electron chi connectivity index (χ2n) is 4.72. The molecule has 2 heterocycles. The largest absolute Gasteiger partial charge is 0.398 e. The molecule has 0 bridgehead atoms. The maximum atomic E-state index is 12.3. The van der Waals surface area contributed by atoms with Crippen molar-refractivity contribution >= 4 is 33.0 Å². The summed E-state index contributed by atoms with van der Waals surface area (Å²) in [6, 6.07) is 1.48. The first-order valence-electron chi connectivity index (χ1n) is 6.02. The standard InChI is InChI=1S/C11H17N3O3S2/c12-9-6-11(18-7-9)19(16,17)14-3-1-8(2-4-14)5-10(13)15/h6-8H,1-5,12H2,(H2,13,15). The van der Waals surface area contributed by atoms with Crippen LogP contribution in [0.4, 0.5) is 5.69 Å². The van der Waals surface area contributed by atoms with Gasteiger partial charge in [0.2, 0.25) is 5.91 Å². The first kappa shape index (κ1) is 14.3. The summed E-state index contributed by atoms with van der Waals surface area (Å²) < 4.78 is 26.4. The van der Waals surface area contributed by atoms with Gasteiger partial charge in [-0.15, -0.1) is 11.3 Å². The first-order valence-corrected chi connectivity index (χ1v) is 8.34. The average Bonchev–Trinajstić information content (AvgIpc) is 2.76. The van der Waals surface area contributed by atoms with Gasteiger partial charge in [-0.25, -0.2) is 8.42 Å². The van der Waals surface area contributed by atoms with Crippen LogP contribution in [-0.4, -0.2) is 31.7 Å². The van der Waals surface area contributed by atoms with Crippen LogP contribution in [0, 0.1) is 5.92 Å². The molecule has 1 amide bonds. The Balaban J connectivity index is 2.03. The zero-order valence-corrected chi connectivity index (χ0v) is 12.0. The van der Waals surface area contributed by atoms with Gasteiger partial charge >= 0.3 is 0 Å². The molecule has 0 radical (unpaired) electrons. The van der Waals surface area contributed by atoms with E-state index in [2.05, 4.69) is 0 Å². The molecule has 1 aromatic heterocycles. The topological polar surface area (TPSA) is 106 Å². The number of rotatable bonds is 4. The van der Waals surface area contributed by atoms with Crippen LogP contribution in [0.3, 0.4) is 0 Å². The number of carbonyl (C=O) groups is 1. The van der Waals surface area contributed by atoms with Gasteiger partial charge in [-0.1, -0.05) is 0 Å². The highest BCUT2D eigenvalue weighted by molar-refractivity contribution is 7.91. The summed E-state index contributed by atoms with van der Waals surface area (Å²) in [5.41, 5.74) is 11.2. The maximum absolute atomic E-state index is 12.3. The van der Waals surface area contributed by atoms with Crippen molar-refractivity contribution in [1.82, 2.24) is 4.31 Å². The Labute approximate surface area is 116 Å². The van der Waals surface area contributed by atoms with Gasteiger partial charge in [-0.05, 0) is 24.8 Å². The molecular formula is C11H17N3O3S2. The van der Waals surface area contributed by atoms with Crippen LogP contribution in [0.2, 0.25) is 0 Å². The number of nitrogen functional groups attached to an aromatic ring is 1. The Morgan fingerprint density at radius 1 is 1.42 bits per heavy atom. The average molecular weight is 303 g/mol. The fourth-order valence-corrected chi connectivity index (χ4v) is 4.93. The summed E-state index contributed by atoms with van der Waals surface area (Å²) in [5.74, 6) is -0.135. The van der Waals surface area contributed by atoms with E-state index in [1.165, 1.54) is 10.4 Å². The number of sulfonamides is 1. The number of nitrogens with zero attached hydrogens (tertiary/aromatic N) is 1. The van der Waals surface area contributed by atoms with E-state index in [0.717, 1.165) is 11.3 Å². The molecule has 0 spiro atoms. The molecule has 1 aliphatic heterocycles. The van der Waals surface area contributed by atoms with Crippen molar-refractivity contribution < 1.29 is 13.2 Å². The van der Waals surface area contributed by atoms with E-state index in [4.69, 9.17) is 11.5 Å². The molecule has 19 heavy (non-hydrogen) atoms. The number of carbonyl (C=O) groups excluding carboxylic acids is 1. The lowest BCUT2D eigenvalue weighted by Gasteiger charge is -2.30. The number of nitrogens with two attached hydrogens (primary N) is 2. The highest BCUT2D eigenvalue weighted by Gasteiger charge is 2.30. The summed E-state index contributed by atoms with van der Waals surface area (Å²) in [4.78, 5) is 10.8. The predicted octanol–water partition coefficient (Wildman–Crippen LogP) is 0.606. The second kappa shape index (κ2) is 5.48. The number of thiophene rings is 1. The third-order valence-electron chi connectivity index (χ3n) is 3.25. The van der Waals surface area contributed by atoms with Crippen LogP contribution in [0.25, 0.3) is 0 Å². The molecule has 106 valence electrons. The zero-order chi connectivity index (χ0) is 14.0. The molecule has 1 fully saturated rings. The summed E-state index contributed by atoms with van der Waals surface area (Å²) in [7, 11) is -3.44. The molecule has 4 N–H and O–H groups in total. The van der Waals surface area contributed by atoms with Crippen molar-refractivity contribution in [2.45, 2.75) is 23.5 Å². The lowest BCUT2D eigenvalue weighted by Crippen LogP contribution is -2.38. The van der Waals surface area contributed by atoms with Crippen LogP contribution in [0.5, 0.6) is 0 Å². The molecule has 8 heteroatoms. The van der Waals surface area contributed by atoms with Crippen LogP contribution in [0.15, 0.2) is 15.7 Å². The summed E-state index contributed by atoms with van der Waals surface area (Å²) >= 11 is 1.13. The minimum Gasteiger partial charge on any atom is -0.398 e. The van der Waals surface area contributed by atoms with E-state index in [0.29, 0.717) is 38.0 Å². The number of piperidine rings is 1. The SMILES string of the molecule is NC(=O)CC1CCN(S(=O)(=O)c2cc(N)cs2)CC1. The Morgan fingerprint density at radius 3 is 2.53 bits per heavy atom. The highest BCUT2D eigenvalue weighted by Crippen LogP contribution is 2.29. The van der Waals surface area contributed by atoms with Crippen molar-refractivity contribution in [2.75, 3.05) is 18.8 Å². The normalized spacial score (nSPS) is 18.5. The zero-order valence-electron chi connectivity index (χ0n) is 10.4. The van der Waals surface area contributed by atoms with Crippen LogP contribution in [-0.2, 0) is 14.8 Å². The van der Waals surface area contributed by atoms with Gasteiger partial charge in [-0.2, -0.15) is 4.31 Å². The number of primary amides is 1. The van der Waals surface area contributed by atoms with Gasteiger partial charge in [-0.3, -0.25) is 4.79 Å². The Morgan fingerprint density at radius 2 is 2.05 bits per heavy atom. The minimum atomic E-state index is -3.44. The van der Waals surface area contributed by atoms with E-state index in [9.17, 15) is 13.2 Å². The molecule has 0 aromatic carbocycles. The summed E-state index contributed by atoms with van der Waals surface area (Å²) in [6.07, 6.45) is 1.67. The van der Waals surface area contributed by atoms with Crippen LogP contribution < -0.4 is 11.5 Å². The molecule has 1 aliphatic rings. The quantitative estimate of drug-likeness (QED) is 0.849. The Hall–Kier alpha value is -1.12. The molecule has 0 aliphatic carbocycles. The summed E-state index contributed by atoms with van der Waals surface area (Å²) in [6.45, 7) is 0.857. The predicted molar refractivity (Wildman–Crippen MR) is 74.0 cm³/mol. The van der Waals surface area contributed by atoms with Crippen molar-refractivity contribution in [1.29, 1.82) is 0 Å². The van der Waals surface area contributed by atoms with E-state index < -0.39 is 10.0 Å². The maximum Gasteiger partial charge on any atom is 0.252 e. The van der Waals surface area contributed by atoms with Crippen molar-refractivity contribution in [3.05, 3.63) is 11.4 Å². The second-order valence-corrected chi connectivity index (χ2v) is 7.79. The van der Waals surface area contributed by atoms with Gasteiger partial charge in [0.15, 0.2) is 0 Å². The van der Waals surface area contributed by atoms with Crippen LogP contribution >= 0.6 is 11.3 Å². The smallest absolute Gasteiger partial charge is 0.252 e. The monoisotopic (exact) mass is 303 g/mol. The highest BCUT2D eigenvalue weighted by atomic mass is 32.2. The lowest BCUT2D eigenvalue weighted by molar-refractivity contribution is -0.119. The minimum absolute atomic E-state index is 0.192.